The number of hydrogen-bond acceptors (Lipinski definition) is 6. The summed E-state index contributed by atoms with van der Waals surface area (Å²) >= 11 is 0. The second-order valence-electron chi connectivity index (χ2n) is 14.1. The molecule has 0 bridgehead atoms. The van der Waals surface area contributed by atoms with E-state index in [1.54, 1.807) is 25.7 Å². The third-order valence-electron chi connectivity index (χ3n) is 6.11. The van der Waals surface area contributed by atoms with E-state index in [9.17, 15) is 0 Å². The first-order valence-electron chi connectivity index (χ1n) is 20.4. The maximum atomic E-state index is 4.91. The van der Waals surface area contributed by atoms with E-state index in [0.29, 0.717) is 5.88 Å². The Morgan fingerprint density at radius 1 is 0.370 bits per heavy atom. The number of hydrogen-bond donors (Lipinski definition) is 0. The molecule has 312 valence electrons. The van der Waals surface area contributed by atoms with Gasteiger partial charge in [-0.3, -0.25) is 19.9 Å². The van der Waals surface area contributed by atoms with Gasteiger partial charge in [0.25, 0.3) is 0 Å². The van der Waals surface area contributed by atoms with Crippen molar-refractivity contribution in [2.24, 2.45) is 0 Å². The number of aromatic nitrogens is 5. The van der Waals surface area contributed by atoms with Gasteiger partial charge < -0.3 is 4.74 Å². The SMILES string of the molecule is CC.CC.CC.CC.CC.CC.CC(C)(C)c1ccccn1.CC(C)(C)c1cccnc1.CC(C)(C)c1ccncc1.COc1cnc(C(C)(C)C)cn1. The van der Waals surface area contributed by atoms with E-state index in [0.717, 1.165) is 11.4 Å². The van der Waals surface area contributed by atoms with Crippen molar-refractivity contribution in [3.8, 4) is 5.88 Å². The van der Waals surface area contributed by atoms with E-state index in [1.165, 1.54) is 11.1 Å². The molecule has 0 atom stereocenters. The normalized spacial score (nSPS) is 9.57. The minimum absolute atomic E-state index is 0.0548. The molecule has 4 heterocycles. The van der Waals surface area contributed by atoms with Crippen molar-refractivity contribution in [3.63, 3.8) is 0 Å². The standard InChI is InChI=1S/C9H14N2O.3C9H13N.6C2H6/c1-9(2,3)7-5-11-8(12-4)6-10-7;1-9(2,3)8-4-6-10-7-5-8;1-9(2,3)8-5-4-6-10-7-8;1-9(2,3)8-6-4-5-7-10-8;6*1-2/h5-6H,1-4H3;3*4-7H,1-3H3;6*1-2H3. The van der Waals surface area contributed by atoms with Crippen molar-refractivity contribution < 1.29 is 4.74 Å². The summed E-state index contributed by atoms with van der Waals surface area (Å²) in [5.74, 6) is 0.558. The Kier molecular flexibility index (Phi) is 43.4. The van der Waals surface area contributed by atoms with Gasteiger partial charge in [0.15, 0.2) is 0 Å². The molecule has 0 unspecified atom stereocenters. The topological polar surface area (TPSA) is 73.7 Å². The molecule has 0 amide bonds. The highest BCUT2D eigenvalue weighted by Gasteiger charge is 2.16. The van der Waals surface area contributed by atoms with Crippen LogP contribution < -0.4 is 4.74 Å². The average molecular weight is 752 g/mol. The maximum Gasteiger partial charge on any atom is 0.231 e. The summed E-state index contributed by atoms with van der Waals surface area (Å²) in [4.78, 5) is 20.6. The summed E-state index contributed by atoms with van der Waals surface area (Å²) in [5, 5.41) is 0. The Balaban J connectivity index is -0.000000130. The monoisotopic (exact) mass is 752 g/mol. The van der Waals surface area contributed by atoms with E-state index in [2.05, 4.69) is 132 Å². The van der Waals surface area contributed by atoms with Gasteiger partial charge in [0.2, 0.25) is 5.88 Å². The first-order valence-corrected chi connectivity index (χ1v) is 20.4. The van der Waals surface area contributed by atoms with Crippen LogP contribution in [-0.2, 0) is 21.7 Å². The zero-order valence-corrected chi connectivity index (χ0v) is 40.2. The minimum atomic E-state index is 0.0548. The third kappa shape index (κ3) is 34.1. The number of pyridine rings is 3. The van der Waals surface area contributed by atoms with Crippen LogP contribution in [0.1, 0.15) is 189 Å². The highest BCUT2D eigenvalue weighted by atomic mass is 16.5. The van der Waals surface area contributed by atoms with Crippen LogP contribution in [0.15, 0.2) is 85.8 Å². The van der Waals surface area contributed by atoms with Crippen LogP contribution in [0, 0.1) is 0 Å². The second kappa shape index (κ2) is 37.6. The molecule has 6 nitrogen and oxygen atoms in total. The van der Waals surface area contributed by atoms with Crippen LogP contribution >= 0.6 is 0 Å². The molecule has 0 aliphatic rings. The summed E-state index contributed by atoms with van der Waals surface area (Å²) in [7, 11) is 1.58. The third-order valence-corrected chi connectivity index (χ3v) is 6.11. The largest absolute Gasteiger partial charge is 0.480 e. The quantitative estimate of drug-likeness (QED) is 0.193. The van der Waals surface area contributed by atoms with Gasteiger partial charge in [-0.2, -0.15) is 0 Å². The van der Waals surface area contributed by atoms with E-state index in [1.807, 2.05) is 126 Å². The second-order valence-corrected chi connectivity index (χ2v) is 14.1. The van der Waals surface area contributed by atoms with Gasteiger partial charge in [0.05, 0.1) is 25.2 Å². The Bertz CT molecular complexity index is 1130. The molecule has 4 aromatic heterocycles. The van der Waals surface area contributed by atoms with E-state index < -0.39 is 0 Å². The maximum absolute atomic E-state index is 4.91. The Morgan fingerprint density at radius 2 is 0.833 bits per heavy atom. The molecule has 0 aliphatic heterocycles. The van der Waals surface area contributed by atoms with Gasteiger partial charge in [-0.15, -0.1) is 0 Å². The minimum Gasteiger partial charge on any atom is -0.480 e. The van der Waals surface area contributed by atoms with Gasteiger partial charge in [-0.05, 0) is 52.3 Å². The van der Waals surface area contributed by atoms with Crippen molar-refractivity contribution in [2.45, 2.75) is 188 Å². The summed E-state index contributed by atoms with van der Waals surface area (Å²) in [6.07, 6.45) is 12.6. The van der Waals surface area contributed by atoms with Crippen molar-refractivity contribution in [2.75, 3.05) is 7.11 Å². The van der Waals surface area contributed by atoms with Gasteiger partial charge >= 0.3 is 0 Å². The molecule has 0 saturated heterocycles. The summed E-state index contributed by atoms with van der Waals surface area (Å²) in [6.45, 7) is 49.9. The average Bonchev–Trinajstić information content (AvgIpc) is 3.20. The smallest absolute Gasteiger partial charge is 0.231 e. The summed E-state index contributed by atoms with van der Waals surface area (Å²) in [6, 6.07) is 14.2. The summed E-state index contributed by atoms with van der Waals surface area (Å²) < 4.78 is 4.91. The van der Waals surface area contributed by atoms with Crippen LogP contribution in [0.3, 0.4) is 0 Å². The fourth-order valence-electron chi connectivity index (χ4n) is 3.27. The number of ether oxygens (including phenoxy) is 1. The molecular formula is C48H89N5O. The van der Waals surface area contributed by atoms with Crippen molar-refractivity contribution in [1.82, 2.24) is 24.9 Å². The molecule has 4 rings (SSSR count). The number of rotatable bonds is 1. The van der Waals surface area contributed by atoms with Crippen LogP contribution in [0.25, 0.3) is 0 Å². The lowest BCUT2D eigenvalue weighted by Crippen LogP contribution is -2.13. The fraction of sp³-hybridized carbons (Fsp3) is 0.604. The molecule has 6 heteroatoms. The van der Waals surface area contributed by atoms with Gasteiger partial charge in [0.1, 0.15) is 0 Å². The predicted octanol–water partition coefficient (Wildman–Crippen LogP) is 15.1. The molecule has 0 radical (unpaired) electrons. The van der Waals surface area contributed by atoms with Crippen molar-refractivity contribution in [1.29, 1.82) is 0 Å². The summed E-state index contributed by atoms with van der Waals surface area (Å²) in [5.41, 5.74) is 5.47. The van der Waals surface area contributed by atoms with Crippen LogP contribution in [0.2, 0.25) is 0 Å². The highest BCUT2D eigenvalue weighted by Crippen LogP contribution is 2.21. The van der Waals surface area contributed by atoms with E-state index in [-0.39, 0.29) is 21.7 Å². The molecule has 0 N–H and O–H groups in total. The van der Waals surface area contributed by atoms with Gasteiger partial charge in [-0.25, -0.2) is 4.98 Å². The lowest BCUT2D eigenvalue weighted by Gasteiger charge is -2.17. The lowest BCUT2D eigenvalue weighted by atomic mass is 9.88. The van der Waals surface area contributed by atoms with Gasteiger partial charge in [-0.1, -0.05) is 178 Å². The molecule has 0 aliphatic carbocycles. The lowest BCUT2D eigenvalue weighted by molar-refractivity contribution is 0.393. The molecular weight excluding hydrogens is 663 g/mol. The molecule has 54 heavy (non-hydrogen) atoms. The molecule has 0 saturated carbocycles. The molecule has 4 aromatic rings. The predicted molar refractivity (Wildman–Crippen MR) is 244 cm³/mol. The van der Waals surface area contributed by atoms with Crippen LogP contribution in [-0.4, -0.2) is 32.0 Å². The zero-order chi connectivity index (χ0) is 44.0. The first kappa shape index (κ1) is 62.3. The molecule has 0 spiro atoms. The molecule has 0 fully saturated rings. The first-order chi connectivity index (χ1) is 25.4. The van der Waals surface area contributed by atoms with Crippen LogP contribution in [0.4, 0.5) is 0 Å². The molecule has 0 aromatic carbocycles. The Labute approximate surface area is 337 Å². The Hall–Kier alpha value is -3.67. The van der Waals surface area contributed by atoms with E-state index >= 15 is 0 Å². The van der Waals surface area contributed by atoms with Crippen molar-refractivity contribution >= 4 is 0 Å². The van der Waals surface area contributed by atoms with Crippen molar-refractivity contribution in [3.05, 3.63) is 108 Å². The Morgan fingerprint density at radius 3 is 1.07 bits per heavy atom. The van der Waals surface area contributed by atoms with Gasteiger partial charge in [0, 0.05) is 47.5 Å². The fourth-order valence-corrected chi connectivity index (χ4v) is 3.27. The zero-order valence-electron chi connectivity index (χ0n) is 40.2. The number of methoxy groups -OCH3 is 1. The van der Waals surface area contributed by atoms with Crippen LogP contribution in [0.5, 0.6) is 5.88 Å². The number of nitrogens with zero attached hydrogens (tertiary/aromatic N) is 5. The highest BCUT2D eigenvalue weighted by molar-refractivity contribution is 5.19. The van der Waals surface area contributed by atoms with E-state index in [4.69, 9.17) is 4.74 Å².